The van der Waals surface area contributed by atoms with E-state index >= 15 is 0 Å². The van der Waals surface area contributed by atoms with Crippen LogP contribution >= 0.6 is 12.6 Å². The molecule has 1 fully saturated rings. The van der Waals surface area contributed by atoms with Gasteiger partial charge >= 0.3 is 0 Å². The Labute approximate surface area is 112 Å². The van der Waals surface area contributed by atoms with E-state index in [0.717, 1.165) is 11.3 Å². The van der Waals surface area contributed by atoms with Gasteiger partial charge in [0.15, 0.2) is 0 Å². The monoisotopic (exact) mass is 270 g/mol. The predicted molar refractivity (Wildman–Crippen MR) is 70.8 cm³/mol. The van der Waals surface area contributed by atoms with Crippen molar-refractivity contribution < 1.29 is 19.7 Å². The molecule has 18 heavy (non-hydrogen) atoms. The first-order valence-electron chi connectivity index (χ1n) is 5.87. The zero-order valence-corrected chi connectivity index (χ0v) is 11.3. The minimum atomic E-state index is -0.885. The van der Waals surface area contributed by atoms with Gasteiger partial charge in [0.2, 0.25) is 0 Å². The molecule has 0 amide bonds. The molecule has 100 valence electrons. The molecule has 1 aromatic rings. The summed E-state index contributed by atoms with van der Waals surface area (Å²) in [4.78, 5) is -0.885. The summed E-state index contributed by atoms with van der Waals surface area (Å²) in [6, 6.07) is 7.34. The van der Waals surface area contributed by atoms with Crippen LogP contribution < -0.4 is 4.74 Å². The van der Waals surface area contributed by atoms with Crippen LogP contribution in [0.4, 0.5) is 0 Å². The lowest BCUT2D eigenvalue weighted by atomic mass is 9.94. The van der Waals surface area contributed by atoms with E-state index in [1.807, 2.05) is 24.3 Å². The molecule has 0 bridgehead atoms. The highest BCUT2D eigenvalue weighted by atomic mass is 32.1. The third-order valence-electron chi connectivity index (χ3n) is 3.28. The standard InChI is InChI=1S/C13H18O4S/c1-8-12(15)11(14)7-13(18,17-8)9-3-5-10(16-2)6-4-9/h3-6,8,11-12,14-15,18H,7H2,1-2H3/t8-,11-,12+,13?/m0/s1. The zero-order valence-electron chi connectivity index (χ0n) is 10.4. The van der Waals surface area contributed by atoms with Gasteiger partial charge in [-0.2, -0.15) is 0 Å². The molecule has 0 radical (unpaired) electrons. The first-order valence-corrected chi connectivity index (χ1v) is 6.32. The molecule has 0 aromatic heterocycles. The van der Waals surface area contributed by atoms with Gasteiger partial charge in [0.05, 0.1) is 19.3 Å². The first kappa shape index (κ1) is 13.7. The third-order valence-corrected chi connectivity index (χ3v) is 3.83. The smallest absolute Gasteiger partial charge is 0.139 e. The Morgan fingerprint density at radius 1 is 1.33 bits per heavy atom. The predicted octanol–water partition coefficient (Wildman–Crippen LogP) is 1.31. The quantitative estimate of drug-likeness (QED) is 0.709. The molecule has 0 spiro atoms. The van der Waals surface area contributed by atoms with Crippen LogP contribution in [-0.4, -0.2) is 35.6 Å². The Bertz CT molecular complexity index is 394. The van der Waals surface area contributed by atoms with Crippen LogP contribution in [0.15, 0.2) is 24.3 Å². The molecule has 1 aliphatic heterocycles. The summed E-state index contributed by atoms with van der Waals surface area (Å²) in [6.07, 6.45) is -1.93. The van der Waals surface area contributed by atoms with Crippen molar-refractivity contribution in [2.24, 2.45) is 0 Å². The maximum Gasteiger partial charge on any atom is 0.139 e. The van der Waals surface area contributed by atoms with E-state index in [1.54, 1.807) is 14.0 Å². The largest absolute Gasteiger partial charge is 0.497 e. The minimum Gasteiger partial charge on any atom is -0.497 e. The molecule has 4 atom stereocenters. The Hall–Kier alpha value is -0.750. The molecule has 4 nitrogen and oxygen atoms in total. The van der Waals surface area contributed by atoms with Crippen molar-refractivity contribution in [2.45, 2.75) is 36.6 Å². The van der Waals surface area contributed by atoms with Gasteiger partial charge in [-0.15, -0.1) is 12.6 Å². The number of hydrogen-bond acceptors (Lipinski definition) is 5. The fourth-order valence-corrected chi connectivity index (χ4v) is 2.68. The number of benzene rings is 1. The molecule has 1 aromatic carbocycles. The highest BCUT2D eigenvalue weighted by molar-refractivity contribution is 7.81. The number of thiol groups is 1. The molecule has 1 heterocycles. The Morgan fingerprint density at radius 3 is 2.44 bits per heavy atom. The summed E-state index contributed by atoms with van der Waals surface area (Å²) >= 11 is 4.53. The number of methoxy groups -OCH3 is 1. The van der Waals surface area contributed by atoms with Gasteiger partial charge < -0.3 is 19.7 Å². The summed E-state index contributed by atoms with van der Waals surface area (Å²) in [6.45, 7) is 1.72. The van der Waals surface area contributed by atoms with Crippen LogP contribution in [0.3, 0.4) is 0 Å². The Kier molecular flexibility index (Phi) is 3.87. The van der Waals surface area contributed by atoms with Crippen molar-refractivity contribution in [1.82, 2.24) is 0 Å². The Balaban J connectivity index is 2.24. The molecule has 1 unspecified atom stereocenters. The van der Waals surface area contributed by atoms with Crippen molar-refractivity contribution in [3.05, 3.63) is 29.8 Å². The van der Waals surface area contributed by atoms with E-state index in [9.17, 15) is 10.2 Å². The minimum absolute atomic E-state index is 0.244. The maximum absolute atomic E-state index is 9.84. The SMILES string of the molecule is COc1ccc(C2(S)C[C@H](O)[C@H](O)[C@H](C)O2)cc1. The topological polar surface area (TPSA) is 58.9 Å². The number of rotatable bonds is 2. The van der Waals surface area contributed by atoms with E-state index in [4.69, 9.17) is 9.47 Å². The fraction of sp³-hybridized carbons (Fsp3) is 0.538. The first-order chi connectivity index (χ1) is 8.46. The van der Waals surface area contributed by atoms with E-state index in [1.165, 1.54) is 0 Å². The second kappa shape index (κ2) is 5.09. The van der Waals surface area contributed by atoms with Crippen molar-refractivity contribution in [2.75, 3.05) is 7.11 Å². The van der Waals surface area contributed by atoms with Crippen LogP contribution in [0.25, 0.3) is 0 Å². The van der Waals surface area contributed by atoms with Crippen molar-refractivity contribution in [1.29, 1.82) is 0 Å². The van der Waals surface area contributed by atoms with Gasteiger partial charge in [-0.3, -0.25) is 0 Å². The molecule has 1 aliphatic rings. The molecule has 1 saturated heterocycles. The second-order valence-corrected chi connectivity index (χ2v) is 5.32. The van der Waals surface area contributed by atoms with Crippen LogP contribution in [0.2, 0.25) is 0 Å². The molecule has 5 heteroatoms. The van der Waals surface area contributed by atoms with E-state index < -0.39 is 23.2 Å². The van der Waals surface area contributed by atoms with Crippen LogP contribution in [0, 0.1) is 0 Å². The summed E-state index contributed by atoms with van der Waals surface area (Å²) < 4.78 is 10.8. The number of ether oxygens (including phenoxy) is 2. The number of aliphatic hydroxyl groups is 2. The summed E-state index contributed by atoms with van der Waals surface area (Å²) in [5, 5.41) is 19.5. The molecule has 2 rings (SSSR count). The molecular formula is C13H18O4S. The Morgan fingerprint density at radius 2 is 1.94 bits per heavy atom. The lowest BCUT2D eigenvalue weighted by Crippen LogP contribution is -2.49. The summed E-state index contributed by atoms with van der Waals surface area (Å²) in [5.74, 6) is 0.750. The molecule has 0 aliphatic carbocycles. The highest BCUT2D eigenvalue weighted by Crippen LogP contribution is 2.41. The van der Waals surface area contributed by atoms with Gasteiger partial charge in [-0.1, -0.05) is 12.1 Å². The third kappa shape index (κ3) is 2.49. The van der Waals surface area contributed by atoms with Gasteiger partial charge in [0.1, 0.15) is 16.8 Å². The van der Waals surface area contributed by atoms with E-state index in [2.05, 4.69) is 12.6 Å². The van der Waals surface area contributed by atoms with Crippen molar-refractivity contribution in [3.63, 3.8) is 0 Å². The van der Waals surface area contributed by atoms with Crippen molar-refractivity contribution in [3.8, 4) is 5.75 Å². The van der Waals surface area contributed by atoms with Gasteiger partial charge in [-0.05, 0) is 24.6 Å². The van der Waals surface area contributed by atoms with Gasteiger partial charge in [0.25, 0.3) is 0 Å². The second-order valence-electron chi connectivity index (χ2n) is 4.60. The fourth-order valence-electron chi connectivity index (χ4n) is 2.18. The van der Waals surface area contributed by atoms with Crippen LogP contribution in [0.1, 0.15) is 18.9 Å². The number of aliphatic hydroxyl groups excluding tert-OH is 2. The normalized spacial score (nSPS) is 36.4. The van der Waals surface area contributed by atoms with Gasteiger partial charge in [-0.25, -0.2) is 0 Å². The highest BCUT2D eigenvalue weighted by Gasteiger charge is 2.43. The lowest BCUT2D eigenvalue weighted by Gasteiger charge is -2.42. The summed E-state index contributed by atoms with van der Waals surface area (Å²) in [7, 11) is 1.60. The van der Waals surface area contributed by atoms with E-state index in [-0.39, 0.29) is 6.42 Å². The molecule has 2 N–H and O–H groups in total. The van der Waals surface area contributed by atoms with Crippen LogP contribution in [0.5, 0.6) is 5.75 Å². The average molecular weight is 270 g/mol. The zero-order chi connectivity index (χ0) is 13.3. The lowest BCUT2D eigenvalue weighted by molar-refractivity contribution is -0.177. The van der Waals surface area contributed by atoms with Gasteiger partial charge in [0, 0.05) is 6.42 Å². The van der Waals surface area contributed by atoms with Crippen LogP contribution in [-0.2, 0) is 9.67 Å². The maximum atomic E-state index is 9.84. The van der Waals surface area contributed by atoms with Crippen molar-refractivity contribution >= 4 is 12.6 Å². The average Bonchev–Trinajstić information content (AvgIpc) is 2.36. The number of hydrogen-bond donors (Lipinski definition) is 3. The molecular weight excluding hydrogens is 252 g/mol. The summed E-state index contributed by atoms with van der Waals surface area (Å²) in [5.41, 5.74) is 0.837. The van der Waals surface area contributed by atoms with E-state index in [0.29, 0.717) is 0 Å². The molecule has 0 saturated carbocycles.